The lowest BCUT2D eigenvalue weighted by Gasteiger charge is -2.54. The molecule has 3 aliphatic rings. The minimum absolute atomic E-state index is 0.153. The Morgan fingerprint density at radius 1 is 1.30 bits per heavy atom. The van der Waals surface area contributed by atoms with Gasteiger partial charge in [0.25, 0.3) is 10.2 Å². The molecule has 2 saturated heterocycles. The maximum Gasteiger partial charge on any atom is 0.306 e. The zero-order chi connectivity index (χ0) is 16.7. The van der Waals surface area contributed by atoms with Crippen molar-refractivity contribution in [3.8, 4) is 0 Å². The third-order valence-electron chi connectivity index (χ3n) is 5.52. The van der Waals surface area contributed by atoms with Gasteiger partial charge in [-0.3, -0.25) is 4.79 Å². The van der Waals surface area contributed by atoms with Crippen molar-refractivity contribution in [1.82, 2.24) is 8.61 Å². The average molecular weight is 346 g/mol. The van der Waals surface area contributed by atoms with Crippen molar-refractivity contribution in [2.24, 2.45) is 5.92 Å². The van der Waals surface area contributed by atoms with Crippen LogP contribution < -0.4 is 0 Å². The number of carboxylic acids is 1. The monoisotopic (exact) mass is 346 g/mol. The van der Waals surface area contributed by atoms with Crippen LogP contribution in [0.3, 0.4) is 0 Å². The molecule has 1 spiro atoms. The van der Waals surface area contributed by atoms with Gasteiger partial charge < -0.3 is 9.84 Å². The lowest BCUT2D eigenvalue weighted by Crippen LogP contribution is -2.67. The SMILES string of the molecule is CC1CCN(S(=O)(=O)N2CC(CC(=O)O)OCC23CCC3)CC1. The van der Waals surface area contributed by atoms with E-state index in [2.05, 4.69) is 6.92 Å². The number of hydrogen-bond donors (Lipinski definition) is 1. The Kier molecular flexibility index (Phi) is 4.70. The third kappa shape index (κ3) is 3.26. The number of aliphatic carboxylic acids is 1. The first-order valence-electron chi connectivity index (χ1n) is 8.45. The van der Waals surface area contributed by atoms with E-state index in [1.165, 1.54) is 0 Å². The minimum atomic E-state index is -3.55. The largest absolute Gasteiger partial charge is 0.481 e. The van der Waals surface area contributed by atoms with Crippen LogP contribution in [0.2, 0.25) is 0 Å². The van der Waals surface area contributed by atoms with Crippen LogP contribution in [0, 0.1) is 5.92 Å². The second kappa shape index (κ2) is 6.31. The van der Waals surface area contributed by atoms with Gasteiger partial charge in [-0.1, -0.05) is 6.92 Å². The molecule has 8 heteroatoms. The van der Waals surface area contributed by atoms with Crippen LogP contribution in [0.5, 0.6) is 0 Å². The van der Waals surface area contributed by atoms with Gasteiger partial charge in [-0.15, -0.1) is 0 Å². The van der Waals surface area contributed by atoms with Crippen LogP contribution in [0.25, 0.3) is 0 Å². The van der Waals surface area contributed by atoms with Crippen molar-refractivity contribution < 1.29 is 23.1 Å². The van der Waals surface area contributed by atoms with Crippen LogP contribution >= 0.6 is 0 Å². The molecule has 3 fully saturated rings. The standard InChI is InChI=1S/C15H26N2O5S/c1-12-3-7-16(8-4-12)23(20,21)17-10-13(9-14(18)19)22-11-15(17)5-2-6-15/h12-13H,2-11H2,1H3,(H,18,19). The molecule has 2 heterocycles. The van der Waals surface area contributed by atoms with E-state index in [1.807, 2.05) is 0 Å². The van der Waals surface area contributed by atoms with E-state index in [0.717, 1.165) is 32.1 Å². The summed E-state index contributed by atoms with van der Waals surface area (Å²) in [6, 6.07) is 0. The molecule has 1 aliphatic carbocycles. The Balaban J connectivity index is 1.79. The molecule has 7 nitrogen and oxygen atoms in total. The predicted octanol–water partition coefficient (Wildman–Crippen LogP) is 1.06. The fourth-order valence-electron chi connectivity index (χ4n) is 3.77. The highest BCUT2D eigenvalue weighted by molar-refractivity contribution is 7.86. The lowest BCUT2D eigenvalue weighted by molar-refractivity contribution is -0.148. The van der Waals surface area contributed by atoms with E-state index >= 15 is 0 Å². The first kappa shape index (κ1) is 17.1. The maximum absolute atomic E-state index is 13.1. The first-order chi connectivity index (χ1) is 10.8. The maximum atomic E-state index is 13.1. The highest BCUT2D eigenvalue weighted by atomic mass is 32.2. The quantitative estimate of drug-likeness (QED) is 0.822. The van der Waals surface area contributed by atoms with Crippen molar-refractivity contribution in [3.05, 3.63) is 0 Å². The average Bonchev–Trinajstić information content (AvgIpc) is 2.45. The number of rotatable bonds is 4. The van der Waals surface area contributed by atoms with Gasteiger partial charge in [0.15, 0.2) is 0 Å². The second-order valence-electron chi connectivity index (χ2n) is 7.23. The molecule has 3 rings (SSSR count). The molecule has 0 aromatic carbocycles. The van der Waals surface area contributed by atoms with Gasteiger partial charge in [0.1, 0.15) is 0 Å². The molecule has 0 radical (unpaired) electrons. The van der Waals surface area contributed by atoms with Gasteiger partial charge >= 0.3 is 5.97 Å². The van der Waals surface area contributed by atoms with Crippen molar-refractivity contribution in [3.63, 3.8) is 0 Å². The van der Waals surface area contributed by atoms with Crippen LogP contribution in [-0.4, -0.2) is 66.0 Å². The molecule has 1 atom stereocenters. The number of carbonyl (C=O) groups is 1. The number of ether oxygens (including phenoxy) is 1. The number of hydrogen-bond acceptors (Lipinski definition) is 4. The van der Waals surface area contributed by atoms with Crippen LogP contribution in [0.4, 0.5) is 0 Å². The molecular weight excluding hydrogens is 320 g/mol. The summed E-state index contributed by atoms with van der Waals surface area (Å²) in [5.74, 6) is -0.396. The second-order valence-corrected chi connectivity index (χ2v) is 9.08. The zero-order valence-electron chi connectivity index (χ0n) is 13.6. The van der Waals surface area contributed by atoms with E-state index in [1.54, 1.807) is 8.61 Å². The van der Waals surface area contributed by atoms with Gasteiger partial charge in [0.05, 0.1) is 24.7 Å². The Labute approximate surface area is 137 Å². The fraction of sp³-hybridized carbons (Fsp3) is 0.933. The van der Waals surface area contributed by atoms with E-state index in [9.17, 15) is 13.2 Å². The third-order valence-corrected chi connectivity index (χ3v) is 7.63. The minimum Gasteiger partial charge on any atom is -0.481 e. The van der Waals surface area contributed by atoms with Gasteiger partial charge in [0.2, 0.25) is 0 Å². The Morgan fingerprint density at radius 2 is 1.96 bits per heavy atom. The molecule has 1 N–H and O–H groups in total. The van der Waals surface area contributed by atoms with Crippen LogP contribution in [-0.2, 0) is 19.7 Å². The summed E-state index contributed by atoms with van der Waals surface area (Å²) in [5.41, 5.74) is -0.448. The zero-order valence-corrected chi connectivity index (χ0v) is 14.4. The lowest BCUT2D eigenvalue weighted by atomic mass is 9.76. The predicted molar refractivity (Wildman–Crippen MR) is 84.2 cm³/mol. The number of piperidine rings is 1. The number of carboxylic acid groups (broad SMARTS) is 1. The molecule has 1 saturated carbocycles. The summed E-state index contributed by atoms with van der Waals surface area (Å²) < 4.78 is 35.1. The van der Waals surface area contributed by atoms with Gasteiger partial charge in [-0.25, -0.2) is 0 Å². The van der Waals surface area contributed by atoms with E-state index in [0.29, 0.717) is 25.6 Å². The van der Waals surface area contributed by atoms with Crippen molar-refractivity contribution in [2.45, 2.75) is 57.1 Å². The summed E-state index contributed by atoms with van der Waals surface area (Å²) in [6.45, 7) is 3.73. The molecule has 132 valence electrons. The molecule has 0 aromatic heterocycles. The summed E-state index contributed by atoms with van der Waals surface area (Å²) >= 11 is 0. The highest BCUT2D eigenvalue weighted by Crippen LogP contribution is 2.43. The van der Waals surface area contributed by atoms with E-state index in [4.69, 9.17) is 9.84 Å². The number of nitrogens with zero attached hydrogens (tertiary/aromatic N) is 2. The Hall–Kier alpha value is -0.700. The van der Waals surface area contributed by atoms with Crippen LogP contribution in [0.1, 0.15) is 45.4 Å². The first-order valence-corrected chi connectivity index (χ1v) is 9.84. The van der Waals surface area contributed by atoms with E-state index < -0.39 is 27.8 Å². The molecule has 23 heavy (non-hydrogen) atoms. The van der Waals surface area contributed by atoms with E-state index in [-0.39, 0.29) is 13.0 Å². The molecule has 2 aliphatic heterocycles. The normalized spacial score (nSPS) is 30.2. The van der Waals surface area contributed by atoms with Gasteiger partial charge in [-0.2, -0.15) is 17.0 Å². The van der Waals surface area contributed by atoms with Crippen LogP contribution in [0.15, 0.2) is 0 Å². The molecular formula is C15H26N2O5S. The summed E-state index contributed by atoms with van der Waals surface area (Å²) in [4.78, 5) is 10.9. The smallest absolute Gasteiger partial charge is 0.306 e. The van der Waals surface area contributed by atoms with Gasteiger partial charge in [-0.05, 0) is 38.0 Å². The molecule has 1 unspecified atom stereocenters. The highest BCUT2D eigenvalue weighted by Gasteiger charge is 2.53. The molecule has 0 amide bonds. The summed E-state index contributed by atoms with van der Waals surface area (Å²) in [5, 5.41) is 8.98. The molecule has 0 aromatic rings. The number of morpholine rings is 1. The topological polar surface area (TPSA) is 87.2 Å². The Morgan fingerprint density at radius 3 is 2.48 bits per heavy atom. The van der Waals surface area contributed by atoms with Crippen molar-refractivity contribution >= 4 is 16.2 Å². The summed E-state index contributed by atoms with van der Waals surface area (Å²) in [7, 11) is -3.55. The molecule has 0 bridgehead atoms. The van der Waals surface area contributed by atoms with Gasteiger partial charge in [0, 0.05) is 19.6 Å². The van der Waals surface area contributed by atoms with Crippen molar-refractivity contribution in [1.29, 1.82) is 0 Å². The Bertz CT molecular complexity index is 552. The van der Waals surface area contributed by atoms with Crippen molar-refractivity contribution in [2.75, 3.05) is 26.2 Å². The fourth-order valence-corrected chi connectivity index (χ4v) is 5.80. The summed E-state index contributed by atoms with van der Waals surface area (Å²) in [6.07, 6.45) is 3.66.